The molecular weight excluding hydrogens is 246 g/mol. The van der Waals surface area contributed by atoms with Gasteiger partial charge in [-0.25, -0.2) is 4.98 Å². The van der Waals surface area contributed by atoms with E-state index in [-0.39, 0.29) is 0 Å². The molecule has 0 aromatic carbocycles. The Labute approximate surface area is 113 Å². The van der Waals surface area contributed by atoms with Crippen molar-refractivity contribution in [1.82, 2.24) is 4.98 Å². The number of rotatable bonds is 2. The van der Waals surface area contributed by atoms with Crippen molar-refractivity contribution in [2.45, 2.75) is 44.6 Å². The molecule has 98 valence electrons. The molecule has 1 atom stereocenters. The van der Waals surface area contributed by atoms with Crippen LogP contribution in [0.25, 0.3) is 0 Å². The average Bonchev–Trinajstić information content (AvgIpc) is 2.98. The first-order valence-electron chi connectivity index (χ1n) is 6.93. The number of hydrogen-bond acceptors (Lipinski definition) is 3. The van der Waals surface area contributed by atoms with Crippen molar-refractivity contribution in [2.75, 3.05) is 17.2 Å². The number of halogens is 1. The van der Waals surface area contributed by atoms with Crippen LogP contribution in [0.4, 0.5) is 11.5 Å². The fourth-order valence-electron chi connectivity index (χ4n) is 3.58. The topological polar surface area (TPSA) is 42.1 Å². The maximum Gasteiger partial charge on any atom is 0.152 e. The Kier molecular flexibility index (Phi) is 3.33. The third-order valence-electron chi connectivity index (χ3n) is 4.38. The van der Waals surface area contributed by atoms with Gasteiger partial charge in [-0.1, -0.05) is 24.4 Å². The third-order valence-corrected chi connectivity index (χ3v) is 4.58. The van der Waals surface area contributed by atoms with E-state index in [1.165, 1.54) is 38.5 Å². The molecule has 2 fully saturated rings. The number of nitrogens with zero attached hydrogens (tertiary/aromatic N) is 2. The molecule has 4 heteroatoms. The highest BCUT2D eigenvalue weighted by Crippen LogP contribution is 2.38. The van der Waals surface area contributed by atoms with Gasteiger partial charge in [-0.2, -0.15) is 0 Å². The summed E-state index contributed by atoms with van der Waals surface area (Å²) < 4.78 is 0. The normalized spacial score (nSPS) is 24.9. The van der Waals surface area contributed by atoms with Crippen molar-refractivity contribution in [3.63, 3.8) is 0 Å². The SMILES string of the molecule is Nc1cc(Cl)cnc1N1CCCC1C1CCCC1. The second-order valence-corrected chi connectivity index (χ2v) is 5.95. The Morgan fingerprint density at radius 2 is 2.00 bits per heavy atom. The minimum atomic E-state index is 0.618. The number of anilines is 2. The van der Waals surface area contributed by atoms with E-state index < -0.39 is 0 Å². The summed E-state index contributed by atoms with van der Waals surface area (Å²) in [6.07, 6.45) is 9.76. The van der Waals surface area contributed by atoms with Gasteiger partial charge in [-0.05, 0) is 37.7 Å². The molecule has 1 aromatic heterocycles. The summed E-state index contributed by atoms with van der Waals surface area (Å²) in [4.78, 5) is 6.87. The highest BCUT2D eigenvalue weighted by molar-refractivity contribution is 6.30. The predicted molar refractivity (Wildman–Crippen MR) is 76.0 cm³/mol. The molecule has 1 aromatic rings. The van der Waals surface area contributed by atoms with Crippen LogP contribution in [0.2, 0.25) is 5.02 Å². The molecule has 0 bridgehead atoms. The predicted octanol–water partition coefficient (Wildman–Crippen LogP) is 3.48. The van der Waals surface area contributed by atoms with Gasteiger partial charge >= 0.3 is 0 Å². The van der Waals surface area contributed by atoms with E-state index in [1.54, 1.807) is 6.20 Å². The van der Waals surface area contributed by atoms with Crippen LogP contribution in [-0.4, -0.2) is 17.6 Å². The molecule has 0 amide bonds. The van der Waals surface area contributed by atoms with Crippen molar-refractivity contribution < 1.29 is 0 Å². The van der Waals surface area contributed by atoms with Crippen LogP contribution in [0, 0.1) is 5.92 Å². The molecule has 2 N–H and O–H groups in total. The number of pyridine rings is 1. The standard InChI is InChI=1S/C14H20ClN3/c15-11-8-12(16)14(17-9-11)18-7-3-6-13(18)10-4-1-2-5-10/h8-10,13H,1-7,16H2. The van der Waals surface area contributed by atoms with E-state index >= 15 is 0 Å². The third kappa shape index (κ3) is 2.16. The maximum atomic E-state index is 6.07. The summed E-state index contributed by atoms with van der Waals surface area (Å²) in [5, 5.41) is 0.618. The van der Waals surface area contributed by atoms with E-state index in [0.29, 0.717) is 16.8 Å². The lowest BCUT2D eigenvalue weighted by Gasteiger charge is -2.31. The lowest BCUT2D eigenvalue weighted by Crippen LogP contribution is -2.35. The zero-order valence-electron chi connectivity index (χ0n) is 10.6. The van der Waals surface area contributed by atoms with Crippen molar-refractivity contribution in [3.05, 3.63) is 17.3 Å². The molecule has 1 unspecified atom stereocenters. The van der Waals surface area contributed by atoms with Crippen molar-refractivity contribution >= 4 is 23.1 Å². The van der Waals surface area contributed by atoms with E-state index in [0.717, 1.165) is 18.3 Å². The van der Waals surface area contributed by atoms with Crippen LogP contribution in [0.15, 0.2) is 12.3 Å². The molecule has 0 spiro atoms. The van der Waals surface area contributed by atoms with Crippen molar-refractivity contribution in [3.8, 4) is 0 Å². The van der Waals surface area contributed by atoms with E-state index in [1.807, 2.05) is 6.07 Å². The Bertz CT molecular complexity index is 429. The molecule has 1 aliphatic carbocycles. The highest BCUT2D eigenvalue weighted by atomic mass is 35.5. The smallest absolute Gasteiger partial charge is 0.152 e. The Hall–Kier alpha value is -0.960. The maximum absolute atomic E-state index is 6.07. The van der Waals surface area contributed by atoms with E-state index in [4.69, 9.17) is 17.3 Å². The van der Waals surface area contributed by atoms with Crippen LogP contribution in [-0.2, 0) is 0 Å². The van der Waals surface area contributed by atoms with Crippen LogP contribution >= 0.6 is 11.6 Å². The van der Waals surface area contributed by atoms with E-state index in [2.05, 4.69) is 9.88 Å². The molecule has 0 radical (unpaired) electrons. The summed E-state index contributed by atoms with van der Waals surface area (Å²) >= 11 is 5.93. The fourth-order valence-corrected chi connectivity index (χ4v) is 3.74. The fraction of sp³-hybridized carbons (Fsp3) is 0.643. The van der Waals surface area contributed by atoms with Crippen molar-refractivity contribution in [2.24, 2.45) is 5.92 Å². The van der Waals surface area contributed by atoms with Crippen LogP contribution in [0.5, 0.6) is 0 Å². The molecule has 18 heavy (non-hydrogen) atoms. The van der Waals surface area contributed by atoms with Gasteiger partial charge in [0.05, 0.1) is 10.7 Å². The summed E-state index contributed by atoms with van der Waals surface area (Å²) in [6.45, 7) is 1.08. The lowest BCUT2D eigenvalue weighted by molar-refractivity contribution is 0.429. The molecule has 3 nitrogen and oxygen atoms in total. The summed E-state index contributed by atoms with van der Waals surface area (Å²) in [7, 11) is 0. The van der Waals surface area contributed by atoms with Crippen LogP contribution < -0.4 is 10.6 Å². The first-order chi connectivity index (χ1) is 8.75. The summed E-state index contributed by atoms with van der Waals surface area (Å²) in [5.74, 6) is 1.78. The number of nitrogen functional groups attached to an aromatic ring is 1. The van der Waals surface area contributed by atoms with Gasteiger partial charge in [0.1, 0.15) is 0 Å². The van der Waals surface area contributed by atoms with Gasteiger partial charge in [-0.15, -0.1) is 0 Å². The second kappa shape index (κ2) is 4.96. The molecule has 1 saturated carbocycles. The van der Waals surface area contributed by atoms with Gasteiger partial charge in [0.2, 0.25) is 0 Å². The minimum absolute atomic E-state index is 0.618. The first-order valence-corrected chi connectivity index (χ1v) is 7.31. The van der Waals surface area contributed by atoms with Gasteiger partial charge in [0.25, 0.3) is 0 Å². The molecular formula is C14H20ClN3. The second-order valence-electron chi connectivity index (χ2n) is 5.51. The first kappa shape index (κ1) is 12.1. The summed E-state index contributed by atoms with van der Waals surface area (Å²) in [6, 6.07) is 2.46. The lowest BCUT2D eigenvalue weighted by atomic mass is 9.96. The quantitative estimate of drug-likeness (QED) is 0.890. The zero-order chi connectivity index (χ0) is 12.5. The van der Waals surface area contributed by atoms with Gasteiger partial charge in [0, 0.05) is 18.8 Å². The molecule has 2 aliphatic rings. The van der Waals surface area contributed by atoms with Crippen LogP contribution in [0.3, 0.4) is 0 Å². The van der Waals surface area contributed by atoms with Gasteiger partial charge in [-0.3, -0.25) is 0 Å². The van der Waals surface area contributed by atoms with E-state index in [9.17, 15) is 0 Å². The highest BCUT2D eigenvalue weighted by Gasteiger charge is 2.34. The van der Waals surface area contributed by atoms with Crippen molar-refractivity contribution in [1.29, 1.82) is 0 Å². The Balaban J connectivity index is 1.85. The average molecular weight is 266 g/mol. The Morgan fingerprint density at radius 1 is 1.22 bits per heavy atom. The van der Waals surface area contributed by atoms with Crippen LogP contribution in [0.1, 0.15) is 38.5 Å². The molecule has 3 rings (SSSR count). The number of aromatic nitrogens is 1. The molecule has 1 saturated heterocycles. The zero-order valence-corrected chi connectivity index (χ0v) is 11.4. The molecule has 1 aliphatic heterocycles. The number of nitrogens with two attached hydrogens (primary N) is 1. The largest absolute Gasteiger partial charge is 0.396 e. The number of hydrogen-bond donors (Lipinski definition) is 1. The monoisotopic (exact) mass is 265 g/mol. The Morgan fingerprint density at radius 3 is 2.72 bits per heavy atom. The van der Waals surface area contributed by atoms with Gasteiger partial charge < -0.3 is 10.6 Å². The summed E-state index contributed by atoms with van der Waals surface area (Å²) in [5.41, 5.74) is 6.79. The molecule has 2 heterocycles. The van der Waals surface area contributed by atoms with Gasteiger partial charge in [0.15, 0.2) is 5.82 Å². The minimum Gasteiger partial charge on any atom is -0.396 e.